The molecule has 1 heterocycles. The van der Waals surface area contributed by atoms with Gasteiger partial charge >= 0.3 is 0 Å². The number of piperidine rings is 1. The van der Waals surface area contributed by atoms with Gasteiger partial charge in [0.25, 0.3) is 0 Å². The second-order valence-corrected chi connectivity index (χ2v) is 4.59. The third-order valence-electron chi connectivity index (χ3n) is 3.20. The molecule has 0 amide bonds. The summed E-state index contributed by atoms with van der Waals surface area (Å²) in [6.45, 7) is 5.85. The van der Waals surface area contributed by atoms with E-state index >= 15 is 0 Å². The lowest BCUT2D eigenvalue weighted by molar-refractivity contribution is 0.293. The van der Waals surface area contributed by atoms with Gasteiger partial charge in [0.05, 0.1) is 0 Å². The van der Waals surface area contributed by atoms with Crippen molar-refractivity contribution in [1.82, 2.24) is 5.32 Å². The second kappa shape index (κ2) is 6.42. The molecule has 0 aromatic heterocycles. The molecule has 0 bridgehead atoms. The number of unbranched alkanes of at least 4 members (excludes halogenated alkanes) is 3. The highest BCUT2D eigenvalue weighted by Crippen LogP contribution is 2.22. The van der Waals surface area contributed by atoms with Crippen molar-refractivity contribution in [3.63, 3.8) is 0 Å². The molecule has 0 aliphatic carbocycles. The van der Waals surface area contributed by atoms with Crippen LogP contribution >= 0.6 is 0 Å². The Balaban J connectivity index is 2.00. The summed E-state index contributed by atoms with van der Waals surface area (Å²) in [7, 11) is 0. The molecule has 0 spiro atoms. The van der Waals surface area contributed by atoms with Crippen LogP contribution in [0.25, 0.3) is 0 Å². The predicted molar refractivity (Wildman–Crippen MR) is 58.9 cm³/mol. The van der Waals surface area contributed by atoms with Gasteiger partial charge in [0.1, 0.15) is 0 Å². The normalized spacial score (nSPS) is 29.1. The van der Waals surface area contributed by atoms with E-state index in [1.54, 1.807) is 0 Å². The fraction of sp³-hybridized carbons (Fsp3) is 1.00. The van der Waals surface area contributed by atoms with Gasteiger partial charge in [0, 0.05) is 6.04 Å². The first-order chi connectivity index (χ1) is 6.33. The summed E-state index contributed by atoms with van der Waals surface area (Å²) in [5.74, 6) is 1.02. The Morgan fingerprint density at radius 3 is 2.77 bits per heavy atom. The maximum atomic E-state index is 3.51. The van der Waals surface area contributed by atoms with E-state index in [0.29, 0.717) is 0 Å². The highest BCUT2D eigenvalue weighted by Gasteiger charge is 2.17. The van der Waals surface area contributed by atoms with Gasteiger partial charge in [-0.1, -0.05) is 39.0 Å². The first kappa shape index (κ1) is 11.0. The summed E-state index contributed by atoms with van der Waals surface area (Å²) in [5.41, 5.74) is 0. The number of hydrogen-bond acceptors (Lipinski definition) is 1. The average molecular weight is 183 g/mol. The third-order valence-corrected chi connectivity index (χ3v) is 3.20. The van der Waals surface area contributed by atoms with Crippen molar-refractivity contribution < 1.29 is 0 Å². The van der Waals surface area contributed by atoms with Crippen molar-refractivity contribution in [2.45, 2.75) is 64.8 Å². The minimum atomic E-state index is 0.768. The number of rotatable bonds is 5. The summed E-state index contributed by atoms with van der Waals surface area (Å²) in [5, 5.41) is 3.51. The smallest absolute Gasteiger partial charge is 0.00413 e. The molecule has 1 N–H and O–H groups in total. The summed E-state index contributed by atoms with van der Waals surface area (Å²) in [6.07, 6.45) is 10.0. The molecule has 78 valence electrons. The standard InChI is InChI=1S/C12H25N/c1-3-4-5-6-7-12-8-9-13-11(2)10-12/h11-13H,3-10H2,1-2H3. The summed E-state index contributed by atoms with van der Waals surface area (Å²) >= 11 is 0. The van der Waals surface area contributed by atoms with Crippen LogP contribution in [-0.4, -0.2) is 12.6 Å². The molecule has 2 unspecified atom stereocenters. The molecule has 13 heavy (non-hydrogen) atoms. The Labute approximate surface area is 83.3 Å². The Morgan fingerprint density at radius 2 is 2.08 bits per heavy atom. The molecular weight excluding hydrogens is 158 g/mol. The molecule has 1 nitrogen and oxygen atoms in total. The third kappa shape index (κ3) is 4.66. The monoisotopic (exact) mass is 183 g/mol. The van der Waals surface area contributed by atoms with E-state index < -0.39 is 0 Å². The molecule has 0 radical (unpaired) electrons. The highest BCUT2D eigenvalue weighted by molar-refractivity contribution is 4.74. The van der Waals surface area contributed by atoms with Crippen LogP contribution in [0.4, 0.5) is 0 Å². The summed E-state index contributed by atoms with van der Waals surface area (Å²) in [6, 6.07) is 0.768. The minimum absolute atomic E-state index is 0.768. The van der Waals surface area contributed by atoms with Crippen molar-refractivity contribution in [2.24, 2.45) is 5.92 Å². The zero-order valence-electron chi connectivity index (χ0n) is 9.31. The fourth-order valence-corrected chi connectivity index (χ4v) is 2.36. The lowest BCUT2D eigenvalue weighted by Crippen LogP contribution is -2.35. The van der Waals surface area contributed by atoms with Crippen LogP contribution in [0.15, 0.2) is 0 Å². The fourth-order valence-electron chi connectivity index (χ4n) is 2.36. The van der Waals surface area contributed by atoms with Crippen molar-refractivity contribution >= 4 is 0 Å². The van der Waals surface area contributed by atoms with Gasteiger partial charge in [-0.15, -0.1) is 0 Å². The summed E-state index contributed by atoms with van der Waals surface area (Å²) in [4.78, 5) is 0. The van der Waals surface area contributed by atoms with Crippen molar-refractivity contribution in [3.05, 3.63) is 0 Å². The van der Waals surface area contributed by atoms with Gasteiger partial charge < -0.3 is 5.32 Å². The maximum absolute atomic E-state index is 3.51. The molecule has 0 aromatic carbocycles. The largest absolute Gasteiger partial charge is 0.314 e. The molecular formula is C12H25N. The van der Waals surface area contributed by atoms with Crippen molar-refractivity contribution in [1.29, 1.82) is 0 Å². The quantitative estimate of drug-likeness (QED) is 0.645. The predicted octanol–water partition coefficient (Wildman–Crippen LogP) is 3.34. The van der Waals surface area contributed by atoms with Crippen LogP contribution in [0.2, 0.25) is 0 Å². The van der Waals surface area contributed by atoms with E-state index in [1.807, 2.05) is 0 Å². The Bertz CT molecular complexity index is 122. The molecule has 1 aliphatic rings. The number of hydrogen-bond donors (Lipinski definition) is 1. The molecule has 1 rings (SSSR count). The van der Waals surface area contributed by atoms with E-state index in [-0.39, 0.29) is 0 Å². The lowest BCUT2D eigenvalue weighted by atomic mass is 9.88. The zero-order valence-corrected chi connectivity index (χ0v) is 9.31. The molecule has 1 aliphatic heterocycles. The molecule has 1 fully saturated rings. The van der Waals surface area contributed by atoms with Crippen LogP contribution in [0.1, 0.15) is 58.8 Å². The first-order valence-electron chi connectivity index (χ1n) is 6.06. The van der Waals surface area contributed by atoms with Crippen molar-refractivity contribution in [2.75, 3.05) is 6.54 Å². The Hall–Kier alpha value is -0.0400. The Kier molecular flexibility index (Phi) is 5.45. The Morgan fingerprint density at radius 1 is 1.23 bits per heavy atom. The molecule has 1 heteroatoms. The van der Waals surface area contributed by atoms with E-state index in [4.69, 9.17) is 0 Å². The van der Waals surface area contributed by atoms with Crippen LogP contribution in [-0.2, 0) is 0 Å². The van der Waals surface area contributed by atoms with E-state index in [1.165, 1.54) is 51.5 Å². The minimum Gasteiger partial charge on any atom is -0.314 e. The van der Waals surface area contributed by atoms with E-state index in [9.17, 15) is 0 Å². The number of nitrogens with one attached hydrogen (secondary N) is 1. The van der Waals surface area contributed by atoms with Gasteiger partial charge in [-0.25, -0.2) is 0 Å². The second-order valence-electron chi connectivity index (χ2n) is 4.59. The molecule has 2 atom stereocenters. The van der Waals surface area contributed by atoms with E-state index in [2.05, 4.69) is 19.2 Å². The first-order valence-corrected chi connectivity index (χ1v) is 6.06. The van der Waals surface area contributed by atoms with Gasteiger partial charge in [-0.2, -0.15) is 0 Å². The lowest BCUT2D eigenvalue weighted by Gasteiger charge is -2.27. The van der Waals surface area contributed by atoms with Gasteiger partial charge in [0.15, 0.2) is 0 Å². The maximum Gasteiger partial charge on any atom is 0.00413 e. The molecule has 0 saturated carbocycles. The molecule has 0 aromatic rings. The van der Waals surface area contributed by atoms with Crippen LogP contribution in [0, 0.1) is 5.92 Å². The molecule has 1 saturated heterocycles. The van der Waals surface area contributed by atoms with Crippen LogP contribution in [0.5, 0.6) is 0 Å². The topological polar surface area (TPSA) is 12.0 Å². The summed E-state index contributed by atoms with van der Waals surface area (Å²) < 4.78 is 0. The van der Waals surface area contributed by atoms with Crippen molar-refractivity contribution in [3.8, 4) is 0 Å². The average Bonchev–Trinajstić information content (AvgIpc) is 2.13. The SMILES string of the molecule is CCCCCCC1CCNC(C)C1. The highest BCUT2D eigenvalue weighted by atomic mass is 14.9. The van der Waals surface area contributed by atoms with E-state index in [0.717, 1.165) is 12.0 Å². The van der Waals surface area contributed by atoms with Gasteiger partial charge in [-0.05, 0) is 32.2 Å². The van der Waals surface area contributed by atoms with Gasteiger partial charge in [0.2, 0.25) is 0 Å². The van der Waals surface area contributed by atoms with Crippen LogP contribution < -0.4 is 5.32 Å². The zero-order chi connectivity index (χ0) is 9.52. The van der Waals surface area contributed by atoms with Gasteiger partial charge in [-0.3, -0.25) is 0 Å². The van der Waals surface area contributed by atoms with Crippen LogP contribution in [0.3, 0.4) is 0 Å².